The average molecular weight is 411 g/mol. The van der Waals surface area contributed by atoms with Crippen LogP contribution in [0.2, 0.25) is 0 Å². The largest absolute Gasteiger partial charge is 0.493 e. The number of anilines is 2. The third kappa shape index (κ3) is 3.26. The number of hydrogen-bond donors (Lipinski definition) is 1. The number of ether oxygens (including phenoxy) is 2. The van der Waals surface area contributed by atoms with Gasteiger partial charge in [0.15, 0.2) is 17.3 Å². The highest BCUT2D eigenvalue weighted by molar-refractivity contribution is 5.93. The molecule has 1 saturated heterocycles. The molecule has 1 fully saturated rings. The van der Waals surface area contributed by atoms with Gasteiger partial charge in [0.1, 0.15) is 5.82 Å². The fourth-order valence-electron chi connectivity index (χ4n) is 3.85. The molecule has 0 aliphatic carbocycles. The molecule has 30 heavy (non-hydrogen) atoms. The monoisotopic (exact) mass is 411 g/mol. The minimum atomic E-state index is -0.116. The Hall–Kier alpha value is -3.49. The lowest BCUT2D eigenvalue weighted by atomic mass is 10.0. The number of nitrogens with two attached hydrogens (primary N) is 1. The molecule has 4 rings (SSSR count). The third-order valence-corrected chi connectivity index (χ3v) is 5.73. The van der Waals surface area contributed by atoms with Gasteiger partial charge in [-0.25, -0.2) is 4.98 Å². The van der Waals surface area contributed by atoms with E-state index in [1.54, 1.807) is 38.5 Å². The van der Waals surface area contributed by atoms with E-state index < -0.39 is 0 Å². The Balaban J connectivity index is 1.65. The SMILES string of the molecule is COc1cc2nc(N3CCN(C(=O)c4ccco4)[C@@H](C)[C@H]3C)nc(N)c2cc1OC. The first kappa shape index (κ1) is 19.8. The van der Waals surface area contributed by atoms with Crippen molar-refractivity contribution < 1.29 is 18.7 Å². The van der Waals surface area contributed by atoms with Crippen LogP contribution in [0, 0.1) is 0 Å². The number of aromatic nitrogens is 2. The molecule has 158 valence electrons. The molecule has 3 aromatic rings. The van der Waals surface area contributed by atoms with Crippen molar-refractivity contribution in [1.82, 2.24) is 14.9 Å². The van der Waals surface area contributed by atoms with E-state index in [9.17, 15) is 4.79 Å². The molecular formula is C21H25N5O4. The molecule has 2 N–H and O–H groups in total. The molecule has 2 aromatic heterocycles. The Morgan fingerprint density at radius 3 is 2.53 bits per heavy atom. The molecule has 3 heterocycles. The van der Waals surface area contributed by atoms with Crippen LogP contribution in [0.5, 0.6) is 11.5 Å². The lowest BCUT2D eigenvalue weighted by molar-refractivity contribution is 0.0600. The van der Waals surface area contributed by atoms with Crippen LogP contribution in [0.1, 0.15) is 24.4 Å². The first-order chi connectivity index (χ1) is 14.4. The molecule has 1 aliphatic heterocycles. The zero-order valence-corrected chi connectivity index (χ0v) is 17.5. The molecule has 1 amide bonds. The van der Waals surface area contributed by atoms with Gasteiger partial charge in [0.05, 0.1) is 26.0 Å². The van der Waals surface area contributed by atoms with Gasteiger partial charge in [-0.05, 0) is 32.0 Å². The third-order valence-electron chi connectivity index (χ3n) is 5.73. The molecule has 0 bridgehead atoms. The van der Waals surface area contributed by atoms with Gasteiger partial charge < -0.3 is 29.4 Å². The Bertz CT molecular complexity index is 1070. The number of benzene rings is 1. The van der Waals surface area contributed by atoms with E-state index in [1.807, 2.05) is 18.7 Å². The number of methoxy groups -OCH3 is 2. The number of carbonyl (C=O) groups excluding carboxylic acids is 1. The van der Waals surface area contributed by atoms with Crippen LogP contribution < -0.4 is 20.1 Å². The molecule has 9 heteroatoms. The number of amides is 1. The summed E-state index contributed by atoms with van der Waals surface area (Å²) in [6.07, 6.45) is 1.51. The van der Waals surface area contributed by atoms with Gasteiger partial charge in [0.25, 0.3) is 5.91 Å². The number of rotatable bonds is 4. The number of hydrogen-bond acceptors (Lipinski definition) is 8. The maximum Gasteiger partial charge on any atom is 0.289 e. The molecule has 9 nitrogen and oxygen atoms in total. The van der Waals surface area contributed by atoms with Crippen LogP contribution in [-0.4, -0.2) is 60.2 Å². The smallest absolute Gasteiger partial charge is 0.289 e. The Morgan fingerprint density at radius 2 is 1.87 bits per heavy atom. The predicted molar refractivity (Wildman–Crippen MR) is 113 cm³/mol. The van der Waals surface area contributed by atoms with Gasteiger partial charge in [-0.3, -0.25) is 4.79 Å². The molecule has 0 saturated carbocycles. The second kappa shape index (κ2) is 7.74. The fourth-order valence-corrected chi connectivity index (χ4v) is 3.85. The number of furan rings is 1. The van der Waals surface area contributed by atoms with Crippen LogP contribution in [0.25, 0.3) is 10.9 Å². The fraction of sp³-hybridized carbons (Fsp3) is 0.381. The molecular weight excluding hydrogens is 386 g/mol. The summed E-state index contributed by atoms with van der Waals surface area (Å²) >= 11 is 0. The number of nitrogen functional groups attached to an aromatic ring is 1. The minimum Gasteiger partial charge on any atom is -0.493 e. The van der Waals surface area contributed by atoms with Gasteiger partial charge in [0.2, 0.25) is 5.95 Å². The summed E-state index contributed by atoms with van der Waals surface area (Å²) in [6.45, 7) is 5.16. The quantitative estimate of drug-likeness (QED) is 0.698. The normalized spacial score (nSPS) is 19.2. The topological polar surface area (TPSA) is 107 Å². The number of fused-ring (bicyclic) bond motifs is 1. The number of nitrogens with zero attached hydrogens (tertiary/aromatic N) is 4. The second-order valence-electron chi connectivity index (χ2n) is 7.28. The first-order valence-electron chi connectivity index (χ1n) is 9.75. The Labute approximate surface area is 174 Å². The first-order valence-corrected chi connectivity index (χ1v) is 9.75. The van der Waals surface area contributed by atoms with Crippen molar-refractivity contribution >= 4 is 28.6 Å². The summed E-state index contributed by atoms with van der Waals surface area (Å²) in [6, 6.07) is 6.88. The average Bonchev–Trinajstić information content (AvgIpc) is 3.29. The molecule has 1 aromatic carbocycles. The van der Waals surface area contributed by atoms with Crippen LogP contribution in [0.4, 0.5) is 11.8 Å². The van der Waals surface area contributed by atoms with E-state index in [0.29, 0.717) is 53.0 Å². The molecule has 2 atom stereocenters. The maximum atomic E-state index is 12.8. The summed E-state index contributed by atoms with van der Waals surface area (Å²) in [5, 5.41) is 0.698. The number of carbonyl (C=O) groups is 1. The van der Waals surface area contributed by atoms with Crippen molar-refractivity contribution in [3.05, 3.63) is 36.3 Å². The standard InChI is InChI=1S/C21H25N5O4/c1-12-13(2)26(8-7-25(12)20(27)16-6-5-9-30-16)21-23-15-11-18(29-4)17(28-3)10-14(15)19(22)24-21/h5-6,9-13H,7-8H2,1-4H3,(H2,22,23,24)/t12-,13+/m0/s1. The highest BCUT2D eigenvalue weighted by Gasteiger charge is 2.36. The van der Waals surface area contributed by atoms with Crippen LogP contribution in [0.15, 0.2) is 34.9 Å². The summed E-state index contributed by atoms with van der Waals surface area (Å²) in [5.41, 5.74) is 6.92. The van der Waals surface area contributed by atoms with E-state index in [0.717, 1.165) is 0 Å². The van der Waals surface area contributed by atoms with Crippen molar-refractivity contribution in [2.75, 3.05) is 37.9 Å². The molecule has 0 radical (unpaired) electrons. The van der Waals surface area contributed by atoms with E-state index >= 15 is 0 Å². The van der Waals surface area contributed by atoms with Gasteiger partial charge in [-0.1, -0.05) is 0 Å². The van der Waals surface area contributed by atoms with Crippen molar-refractivity contribution in [3.8, 4) is 11.5 Å². The van der Waals surface area contributed by atoms with Crippen molar-refractivity contribution in [2.45, 2.75) is 25.9 Å². The molecule has 0 spiro atoms. The lowest BCUT2D eigenvalue weighted by Crippen LogP contribution is -2.59. The van der Waals surface area contributed by atoms with E-state index in [4.69, 9.17) is 24.6 Å². The molecule has 0 unspecified atom stereocenters. The van der Waals surface area contributed by atoms with Crippen molar-refractivity contribution in [2.24, 2.45) is 0 Å². The number of piperazine rings is 1. The van der Waals surface area contributed by atoms with E-state index in [-0.39, 0.29) is 18.0 Å². The zero-order chi connectivity index (χ0) is 21.4. The van der Waals surface area contributed by atoms with Crippen LogP contribution in [-0.2, 0) is 0 Å². The van der Waals surface area contributed by atoms with Crippen LogP contribution >= 0.6 is 0 Å². The van der Waals surface area contributed by atoms with E-state index in [2.05, 4.69) is 9.88 Å². The Morgan fingerprint density at radius 1 is 1.13 bits per heavy atom. The molecule has 1 aliphatic rings. The van der Waals surface area contributed by atoms with Crippen molar-refractivity contribution in [1.29, 1.82) is 0 Å². The van der Waals surface area contributed by atoms with Crippen LogP contribution in [0.3, 0.4) is 0 Å². The highest BCUT2D eigenvalue weighted by atomic mass is 16.5. The zero-order valence-electron chi connectivity index (χ0n) is 17.5. The Kier molecular flexibility index (Phi) is 5.11. The van der Waals surface area contributed by atoms with Gasteiger partial charge >= 0.3 is 0 Å². The summed E-state index contributed by atoms with van der Waals surface area (Å²) in [4.78, 5) is 25.9. The van der Waals surface area contributed by atoms with Gasteiger partial charge in [-0.2, -0.15) is 4.98 Å². The van der Waals surface area contributed by atoms with Gasteiger partial charge in [-0.15, -0.1) is 0 Å². The van der Waals surface area contributed by atoms with E-state index in [1.165, 1.54) is 6.26 Å². The summed E-state index contributed by atoms with van der Waals surface area (Å²) in [7, 11) is 3.15. The van der Waals surface area contributed by atoms with Gasteiger partial charge in [0, 0.05) is 36.6 Å². The summed E-state index contributed by atoms with van der Waals surface area (Å²) in [5.74, 6) is 2.26. The maximum absolute atomic E-state index is 12.8. The lowest BCUT2D eigenvalue weighted by Gasteiger charge is -2.44. The predicted octanol–water partition coefficient (Wildman–Crippen LogP) is 2.56. The van der Waals surface area contributed by atoms with Crippen molar-refractivity contribution in [3.63, 3.8) is 0 Å². The second-order valence-corrected chi connectivity index (χ2v) is 7.28. The highest BCUT2D eigenvalue weighted by Crippen LogP contribution is 2.34. The summed E-state index contributed by atoms with van der Waals surface area (Å²) < 4.78 is 16.0. The minimum absolute atomic E-state index is 0.0188.